The topological polar surface area (TPSA) is 102 Å². The van der Waals surface area contributed by atoms with Crippen molar-refractivity contribution in [3.05, 3.63) is 84.1 Å². The summed E-state index contributed by atoms with van der Waals surface area (Å²) in [6, 6.07) is 23.2. The molecule has 5 rings (SSSR count). The average molecular weight is 526 g/mol. The Kier molecular flexibility index (Phi) is 6.91. The number of fused-ring (bicyclic) bond motifs is 2. The van der Waals surface area contributed by atoms with Crippen molar-refractivity contribution in [2.45, 2.75) is 45.8 Å². The second-order valence-corrected chi connectivity index (χ2v) is 11.4. The minimum absolute atomic E-state index is 0.303. The van der Waals surface area contributed by atoms with Gasteiger partial charge in [-0.25, -0.2) is 9.78 Å². The number of pyridine rings is 1. The Morgan fingerprint density at radius 2 is 1.68 bits per heavy atom. The highest BCUT2D eigenvalue weighted by Gasteiger charge is 2.26. The minimum atomic E-state index is -0.579. The molecule has 1 atom stereocenters. The first-order valence-electron chi connectivity index (χ1n) is 12.5. The Morgan fingerprint density at radius 1 is 0.974 bits per heavy atom. The molecule has 2 heterocycles. The Bertz CT molecular complexity index is 1610. The van der Waals surface area contributed by atoms with Gasteiger partial charge in [-0.2, -0.15) is 0 Å². The zero-order valence-electron chi connectivity index (χ0n) is 21.9. The van der Waals surface area contributed by atoms with Gasteiger partial charge in [-0.05, 0) is 75.7 Å². The van der Waals surface area contributed by atoms with Crippen LogP contribution in [0.25, 0.3) is 21.1 Å². The number of rotatable bonds is 7. The van der Waals surface area contributed by atoms with E-state index in [2.05, 4.69) is 21.7 Å². The van der Waals surface area contributed by atoms with Gasteiger partial charge >= 0.3 is 5.97 Å². The predicted octanol–water partition coefficient (Wildman–Crippen LogP) is 6.84. The van der Waals surface area contributed by atoms with Crippen molar-refractivity contribution < 1.29 is 9.53 Å². The molecule has 7 nitrogen and oxygen atoms in total. The van der Waals surface area contributed by atoms with Gasteiger partial charge in [0.2, 0.25) is 0 Å². The highest BCUT2D eigenvalue weighted by molar-refractivity contribution is 7.22. The lowest BCUT2D eigenvalue weighted by molar-refractivity contribution is -0.155. The summed E-state index contributed by atoms with van der Waals surface area (Å²) in [4.78, 5) is 22.3. The first-order valence-corrected chi connectivity index (χ1v) is 13.3. The molecule has 0 aliphatic heterocycles. The Labute approximate surface area is 226 Å². The van der Waals surface area contributed by atoms with Gasteiger partial charge in [0, 0.05) is 34.6 Å². The van der Waals surface area contributed by atoms with Crippen LogP contribution in [0.1, 0.15) is 32.0 Å². The number of nitrogen functional groups attached to an aromatic ring is 1. The van der Waals surface area contributed by atoms with Gasteiger partial charge in [-0.1, -0.05) is 41.7 Å². The molecule has 0 fully saturated rings. The number of nitrogens with two attached hydrogens (primary N) is 1. The van der Waals surface area contributed by atoms with Crippen LogP contribution in [0.2, 0.25) is 0 Å². The lowest BCUT2D eigenvalue weighted by atomic mass is 10.1. The number of nitrogens with one attached hydrogen (secondary N) is 2. The number of carbonyl (C=O) groups is 1. The molecule has 0 radical (unpaired) electrons. The normalized spacial score (nSPS) is 12.4. The highest BCUT2D eigenvalue weighted by Crippen LogP contribution is 2.32. The SMILES string of the molecule is Cc1cc(N)c2cc(Nc3ccc4nc(N[C@@H](Cc5ccccc5)C(=O)OC(C)(C)C)sc4c3)ccc2n1. The molecule has 3 aromatic carbocycles. The number of nitrogens with zero attached hydrogens (tertiary/aromatic N) is 2. The molecule has 0 aliphatic carbocycles. The molecule has 0 saturated heterocycles. The fourth-order valence-electron chi connectivity index (χ4n) is 4.26. The summed E-state index contributed by atoms with van der Waals surface area (Å²) < 4.78 is 6.70. The summed E-state index contributed by atoms with van der Waals surface area (Å²) in [5.41, 5.74) is 11.9. The van der Waals surface area contributed by atoms with Gasteiger partial charge in [0.25, 0.3) is 0 Å². The Hall–Kier alpha value is -4.17. The molecule has 4 N–H and O–H groups in total. The maximum atomic E-state index is 13.0. The van der Waals surface area contributed by atoms with Gasteiger partial charge in [-0.15, -0.1) is 0 Å². The van der Waals surface area contributed by atoms with Gasteiger partial charge in [-0.3, -0.25) is 4.98 Å². The van der Waals surface area contributed by atoms with Crippen LogP contribution >= 0.6 is 11.3 Å². The number of aryl methyl sites for hydroxylation is 1. The van der Waals surface area contributed by atoms with Crippen LogP contribution in [-0.4, -0.2) is 27.6 Å². The number of hydrogen-bond acceptors (Lipinski definition) is 8. The number of ether oxygens (including phenoxy) is 1. The van der Waals surface area contributed by atoms with Gasteiger partial charge in [0.1, 0.15) is 11.6 Å². The van der Waals surface area contributed by atoms with E-state index < -0.39 is 11.6 Å². The quantitative estimate of drug-likeness (QED) is 0.200. The highest BCUT2D eigenvalue weighted by atomic mass is 32.1. The molecule has 0 bridgehead atoms. The second kappa shape index (κ2) is 10.3. The monoisotopic (exact) mass is 525 g/mol. The van der Waals surface area contributed by atoms with E-state index >= 15 is 0 Å². The molecule has 0 aliphatic rings. The van der Waals surface area contributed by atoms with Crippen LogP contribution in [0.5, 0.6) is 0 Å². The van der Waals surface area contributed by atoms with Crippen LogP contribution in [0.15, 0.2) is 72.8 Å². The molecule has 0 unspecified atom stereocenters. The molecule has 0 spiro atoms. The van der Waals surface area contributed by atoms with Crippen LogP contribution in [-0.2, 0) is 16.0 Å². The number of hydrogen-bond donors (Lipinski definition) is 3. The van der Waals surface area contributed by atoms with E-state index in [1.807, 2.05) is 94.4 Å². The van der Waals surface area contributed by atoms with Crippen molar-refractivity contribution >= 4 is 60.6 Å². The molecule has 8 heteroatoms. The molecular formula is C30H31N5O2S. The third kappa shape index (κ3) is 6.03. The van der Waals surface area contributed by atoms with Crippen molar-refractivity contribution in [1.82, 2.24) is 9.97 Å². The Balaban J connectivity index is 1.37. The summed E-state index contributed by atoms with van der Waals surface area (Å²) in [6.45, 7) is 7.56. The van der Waals surface area contributed by atoms with Crippen molar-refractivity contribution in [3.63, 3.8) is 0 Å². The van der Waals surface area contributed by atoms with Crippen LogP contribution in [0.4, 0.5) is 22.2 Å². The fraction of sp³-hybridized carbons (Fsp3) is 0.233. The average Bonchev–Trinajstić information content (AvgIpc) is 3.25. The number of esters is 1. The lowest BCUT2D eigenvalue weighted by Crippen LogP contribution is -2.38. The maximum absolute atomic E-state index is 13.0. The number of aromatic nitrogens is 2. The second-order valence-electron chi connectivity index (χ2n) is 10.3. The summed E-state index contributed by atoms with van der Waals surface area (Å²) in [5, 5.41) is 8.37. The number of thiazole rings is 1. The van der Waals surface area contributed by atoms with E-state index in [0.717, 1.165) is 43.8 Å². The van der Waals surface area contributed by atoms with Gasteiger partial charge < -0.3 is 21.1 Å². The van der Waals surface area contributed by atoms with E-state index in [0.29, 0.717) is 17.2 Å². The van der Waals surface area contributed by atoms with Crippen LogP contribution in [0.3, 0.4) is 0 Å². The van der Waals surface area contributed by atoms with E-state index in [1.165, 1.54) is 11.3 Å². The summed E-state index contributed by atoms with van der Waals surface area (Å²) >= 11 is 1.50. The standard InChI is InChI=1S/C30H31N5O2S/c1-18-14-23(31)22-16-20(10-12-24(22)32-18)33-21-11-13-25-27(17-21)38-29(34-25)35-26(28(36)37-30(2,3)4)15-19-8-6-5-7-9-19/h5-14,16-17,26,33H,15H2,1-4H3,(H2,31,32)(H,34,35)/t26-/m0/s1. The van der Waals surface area contributed by atoms with Gasteiger partial charge in [0.15, 0.2) is 5.13 Å². The Morgan fingerprint density at radius 3 is 2.42 bits per heavy atom. The van der Waals surface area contributed by atoms with Crippen molar-refractivity contribution in [2.24, 2.45) is 0 Å². The van der Waals surface area contributed by atoms with E-state index in [-0.39, 0.29) is 5.97 Å². The molecule has 0 saturated carbocycles. The molecule has 2 aromatic heterocycles. The first kappa shape index (κ1) is 25.5. The van der Waals surface area contributed by atoms with E-state index in [1.54, 1.807) is 0 Å². The third-order valence-electron chi connectivity index (χ3n) is 5.92. The molecule has 0 amide bonds. The molecule has 194 valence electrons. The van der Waals surface area contributed by atoms with E-state index in [4.69, 9.17) is 15.5 Å². The first-order chi connectivity index (χ1) is 18.1. The third-order valence-corrected chi connectivity index (χ3v) is 6.87. The summed E-state index contributed by atoms with van der Waals surface area (Å²) in [7, 11) is 0. The molecule has 38 heavy (non-hydrogen) atoms. The summed E-state index contributed by atoms with van der Waals surface area (Å²) in [6.07, 6.45) is 0.498. The maximum Gasteiger partial charge on any atom is 0.329 e. The van der Waals surface area contributed by atoms with Crippen LogP contribution in [0, 0.1) is 6.92 Å². The van der Waals surface area contributed by atoms with Crippen molar-refractivity contribution in [3.8, 4) is 0 Å². The zero-order valence-corrected chi connectivity index (χ0v) is 22.7. The molecular weight excluding hydrogens is 494 g/mol. The minimum Gasteiger partial charge on any atom is -0.458 e. The largest absolute Gasteiger partial charge is 0.458 e. The van der Waals surface area contributed by atoms with Crippen molar-refractivity contribution in [1.29, 1.82) is 0 Å². The predicted molar refractivity (Wildman–Crippen MR) is 157 cm³/mol. The smallest absolute Gasteiger partial charge is 0.329 e. The molecule has 5 aromatic rings. The van der Waals surface area contributed by atoms with Crippen molar-refractivity contribution in [2.75, 3.05) is 16.4 Å². The van der Waals surface area contributed by atoms with E-state index in [9.17, 15) is 4.79 Å². The van der Waals surface area contributed by atoms with Crippen LogP contribution < -0.4 is 16.4 Å². The fourth-order valence-corrected chi connectivity index (χ4v) is 5.22. The lowest BCUT2D eigenvalue weighted by Gasteiger charge is -2.24. The zero-order chi connectivity index (χ0) is 26.9. The number of anilines is 4. The number of carbonyl (C=O) groups excluding carboxylic acids is 1. The van der Waals surface area contributed by atoms with Gasteiger partial charge in [0.05, 0.1) is 15.7 Å². The number of benzene rings is 3. The summed E-state index contributed by atoms with van der Waals surface area (Å²) in [5.74, 6) is -0.303.